The Hall–Kier alpha value is -2.16. The first-order valence-electron chi connectivity index (χ1n) is 7.57. The highest BCUT2D eigenvalue weighted by Crippen LogP contribution is 2.24. The van der Waals surface area contributed by atoms with Crippen molar-refractivity contribution >= 4 is 23.3 Å². The van der Waals surface area contributed by atoms with Crippen LogP contribution in [0.5, 0.6) is 0 Å². The summed E-state index contributed by atoms with van der Waals surface area (Å²) in [6.45, 7) is 0.833. The third-order valence-corrected chi connectivity index (χ3v) is 3.72. The van der Waals surface area contributed by atoms with Crippen LogP contribution in [0.4, 0.5) is 24.7 Å². The molecule has 1 aliphatic heterocycles. The predicted octanol–water partition coefficient (Wildman–Crippen LogP) is 2.25. The number of nitrogens with one attached hydrogen (secondary N) is 2. The number of carbonyl (C=O) groups is 2. The number of hydrogen-bond donors (Lipinski definition) is 2. The molecule has 2 N–H and O–H groups in total. The molecular weight excluding hydrogens is 325 g/mol. The number of nitrogens with zero attached hydrogens (tertiary/aromatic N) is 2. The van der Waals surface area contributed by atoms with Crippen LogP contribution in [0, 0.1) is 5.92 Å². The quantitative estimate of drug-likeness (QED) is 0.879. The second-order valence-electron chi connectivity index (χ2n) is 5.74. The molecule has 1 aromatic heterocycles. The van der Waals surface area contributed by atoms with Crippen LogP contribution in [0.1, 0.15) is 19.8 Å². The van der Waals surface area contributed by atoms with Gasteiger partial charge >= 0.3 is 6.18 Å². The molecular formula is C15H19F3N4O2. The highest BCUT2D eigenvalue weighted by Gasteiger charge is 2.34. The van der Waals surface area contributed by atoms with Crippen molar-refractivity contribution in [1.29, 1.82) is 0 Å². The van der Waals surface area contributed by atoms with Gasteiger partial charge in [0.1, 0.15) is 0 Å². The van der Waals surface area contributed by atoms with Crippen molar-refractivity contribution in [2.75, 3.05) is 30.3 Å². The van der Waals surface area contributed by atoms with Crippen molar-refractivity contribution in [3.05, 3.63) is 18.3 Å². The van der Waals surface area contributed by atoms with Gasteiger partial charge in [0.2, 0.25) is 11.8 Å². The third kappa shape index (κ3) is 5.48. The van der Waals surface area contributed by atoms with Gasteiger partial charge in [0.15, 0.2) is 5.82 Å². The monoisotopic (exact) mass is 344 g/mol. The number of halogens is 3. The summed E-state index contributed by atoms with van der Waals surface area (Å²) in [6, 6.07) is 3.23. The summed E-state index contributed by atoms with van der Waals surface area (Å²) < 4.78 is 37.1. The molecule has 0 radical (unpaired) electrons. The predicted molar refractivity (Wildman–Crippen MR) is 82.4 cm³/mol. The minimum absolute atomic E-state index is 0.221. The normalized spacial score (nSPS) is 16.7. The topological polar surface area (TPSA) is 74.3 Å². The Labute approximate surface area is 137 Å². The molecule has 0 aromatic carbocycles. The standard InChI is InChI=1S/C15H19F3N4O2/c1-10(23)20-12-3-2-6-19-13(12)21-14(24)11-4-7-22(8-5-11)9-15(16,17)18/h2-3,6,11H,4-5,7-9H2,1H3,(H,20,23)(H,19,21,24). The maximum absolute atomic E-state index is 12.4. The molecule has 0 atom stereocenters. The number of pyridine rings is 1. The minimum atomic E-state index is -4.23. The second kappa shape index (κ2) is 7.61. The van der Waals surface area contributed by atoms with Crippen molar-refractivity contribution < 1.29 is 22.8 Å². The van der Waals surface area contributed by atoms with E-state index in [4.69, 9.17) is 0 Å². The molecule has 0 bridgehead atoms. The zero-order valence-electron chi connectivity index (χ0n) is 13.2. The molecule has 6 nitrogen and oxygen atoms in total. The van der Waals surface area contributed by atoms with Crippen LogP contribution < -0.4 is 10.6 Å². The van der Waals surface area contributed by atoms with Crippen LogP contribution in [-0.4, -0.2) is 47.5 Å². The lowest BCUT2D eigenvalue weighted by atomic mass is 9.96. The highest BCUT2D eigenvalue weighted by atomic mass is 19.4. The van der Waals surface area contributed by atoms with Gasteiger partial charge < -0.3 is 10.6 Å². The van der Waals surface area contributed by atoms with Gasteiger partial charge in [-0.15, -0.1) is 0 Å². The van der Waals surface area contributed by atoms with Crippen molar-refractivity contribution in [3.8, 4) is 0 Å². The number of aromatic nitrogens is 1. The fraction of sp³-hybridized carbons (Fsp3) is 0.533. The molecule has 0 unspecified atom stereocenters. The first-order chi connectivity index (χ1) is 11.2. The minimum Gasteiger partial charge on any atom is -0.323 e. The number of piperidine rings is 1. The molecule has 24 heavy (non-hydrogen) atoms. The van der Waals surface area contributed by atoms with Gasteiger partial charge in [-0.05, 0) is 38.1 Å². The molecule has 1 aliphatic rings. The summed E-state index contributed by atoms with van der Waals surface area (Å²) in [5.41, 5.74) is 0.382. The Bertz CT molecular complexity index is 599. The van der Waals surface area contributed by atoms with Crippen molar-refractivity contribution in [2.45, 2.75) is 25.9 Å². The van der Waals surface area contributed by atoms with E-state index in [1.165, 1.54) is 18.0 Å². The first kappa shape index (κ1) is 18.2. The molecule has 0 saturated carbocycles. The Morgan fingerprint density at radius 2 is 1.96 bits per heavy atom. The summed E-state index contributed by atoms with van der Waals surface area (Å²) in [4.78, 5) is 28.8. The SMILES string of the molecule is CC(=O)Nc1cccnc1NC(=O)C1CCN(CC(F)(F)F)CC1. The molecule has 2 amide bonds. The van der Waals surface area contributed by atoms with Gasteiger partial charge in [0.05, 0.1) is 12.2 Å². The summed E-state index contributed by atoms with van der Waals surface area (Å²) in [7, 11) is 0. The first-order valence-corrected chi connectivity index (χ1v) is 7.57. The molecule has 1 fully saturated rings. The molecule has 2 rings (SSSR count). The number of amides is 2. The number of likely N-dealkylation sites (tertiary alicyclic amines) is 1. The van der Waals surface area contributed by atoms with Gasteiger partial charge in [0.25, 0.3) is 0 Å². The van der Waals surface area contributed by atoms with Crippen LogP contribution in [0.15, 0.2) is 18.3 Å². The fourth-order valence-electron chi connectivity index (χ4n) is 2.62. The summed E-state index contributed by atoms with van der Waals surface area (Å²) >= 11 is 0. The van der Waals surface area contributed by atoms with Crippen molar-refractivity contribution in [2.24, 2.45) is 5.92 Å². The fourth-order valence-corrected chi connectivity index (χ4v) is 2.62. The average molecular weight is 344 g/mol. The largest absolute Gasteiger partial charge is 0.401 e. The van der Waals surface area contributed by atoms with Crippen LogP contribution >= 0.6 is 0 Å². The molecule has 1 aromatic rings. The van der Waals surface area contributed by atoms with Crippen LogP contribution in [0.25, 0.3) is 0 Å². The zero-order valence-corrected chi connectivity index (χ0v) is 13.2. The van der Waals surface area contributed by atoms with Crippen molar-refractivity contribution in [3.63, 3.8) is 0 Å². The Kier molecular flexibility index (Phi) is 5.76. The van der Waals surface area contributed by atoms with E-state index in [0.29, 0.717) is 18.5 Å². The van der Waals surface area contributed by atoms with E-state index in [2.05, 4.69) is 15.6 Å². The van der Waals surface area contributed by atoms with Gasteiger partial charge in [0, 0.05) is 19.0 Å². The maximum Gasteiger partial charge on any atom is 0.401 e. The number of hydrogen-bond acceptors (Lipinski definition) is 4. The van der Waals surface area contributed by atoms with E-state index in [-0.39, 0.29) is 36.6 Å². The molecule has 1 saturated heterocycles. The van der Waals surface area contributed by atoms with Crippen LogP contribution in [0.3, 0.4) is 0 Å². The maximum atomic E-state index is 12.4. The zero-order chi connectivity index (χ0) is 17.7. The Morgan fingerprint density at radius 3 is 2.54 bits per heavy atom. The molecule has 0 spiro atoms. The molecule has 132 valence electrons. The van der Waals surface area contributed by atoms with Crippen molar-refractivity contribution in [1.82, 2.24) is 9.88 Å². The lowest BCUT2D eigenvalue weighted by Gasteiger charge is -2.31. The van der Waals surface area contributed by atoms with Gasteiger partial charge in [-0.2, -0.15) is 13.2 Å². The average Bonchev–Trinajstić information content (AvgIpc) is 2.48. The lowest BCUT2D eigenvalue weighted by Crippen LogP contribution is -2.42. The Morgan fingerprint density at radius 1 is 1.29 bits per heavy atom. The van der Waals surface area contributed by atoms with E-state index >= 15 is 0 Å². The van der Waals surface area contributed by atoms with E-state index in [1.807, 2.05) is 0 Å². The Balaban J connectivity index is 1.91. The van der Waals surface area contributed by atoms with Gasteiger partial charge in [-0.1, -0.05) is 0 Å². The summed E-state index contributed by atoms with van der Waals surface area (Å²) in [6.07, 6.45) is -2.04. The molecule has 9 heteroatoms. The third-order valence-electron chi connectivity index (χ3n) is 3.72. The molecule has 0 aliphatic carbocycles. The van der Waals surface area contributed by atoms with Crippen LogP contribution in [0.2, 0.25) is 0 Å². The number of alkyl halides is 3. The van der Waals surface area contributed by atoms with E-state index in [1.54, 1.807) is 12.1 Å². The van der Waals surface area contributed by atoms with E-state index in [0.717, 1.165) is 0 Å². The highest BCUT2D eigenvalue weighted by molar-refractivity contribution is 5.98. The molecule has 2 heterocycles. The summed E-state index contributed by atoms with van der Waals surface area (Å²) in [5.74, 6) is -0.733. The van der Waals surface area contributed by atoms with E-state index in [9.17, 15) is 22.8 Å². The number of anilines is 2. The van der Waals surface area contributed by atoms with Crippen LogP contribution in [-0.2, 0) is 9.59 Å². The number of carbonyl (C=O) groups excluding carboxylic acids is 2. The second-order valence-corrected chi connectivity index (χ2v) is 5.74. The summed E-state index contributed by atoms with van der Waals surface area (Å²) in [5, 5.41) is 5.21. The van der Waals surface area contributed by atoms with E-state index < -0.39 is 12.7 Å². The number of rotatable bonds is 4. The van der Waals surface area contributed by atoms with Gasteiger partial charge in [-0.25, -0.2) is 4.98 Å². The lowest BCUT2D eigenvalue weighted by molar-refractivity contribution is -0.149. The smallest absolute Gasteiger partial charge is 0.323 e. The van der Waals surface area contributed by atoms with Gasteiger partial charge in [-0.3, -0.25) is 14.5 Å².